The van der Waals surface area contributed by atoms with E-state index in [9.17, 15) is 8.42 Å². The molecule has 0 saturated heterocycles. The number of nitrogens with one attached hydrogen (secondary N) is 1. The van der Waals surface area contributed by atoms with Crippen molar-refractivity contribution in [1.82, 2.24) is 9.97 Å². The van der Waals surface area contributed by atoms with E-state index in [1.165, 1.54) is 5.56 Å². The van der Waals surface area contributed by atoms with Crippen molar-refractivity contribution in [2.45, 2.75) is 12.8 Å². The Morgan fingerprint density at radius 1 is 0.929 bits per heavy atom. The molecule has 0 aliphatic heterocycles. The molecule has 1 aromatic carbocycles. The number of sulfonamides is 1. The molecule has 0 amide bonds. The third kappa shape index (κ3) is 6.06. The molecule has 146 valence electrons. The molecule has 0 aliphatic rings. The monoisotopic (exact) mass is 396 g/mol. The molecule has 6 nitrogen and oxygen atoms in total. The highest BCUT2D eigenvalue weighted by Gasteiger charge is 2.12. The first-order valence-corrected chi connectivity index (χ1v) is 10.8. The number of pyridine rings is 2. The van der Waals surface area contributed by atoms with Crippen LogP contribution in [0.15, 0.2) is 73.2 Å². The first-order chi connectivity index (χ1) is 13.5. The zero-order valence-electron chi connectivity index (χ0n) is 15.8. The normalized spacial score (nSPS) is 11.2. The van der Waals surface area contributed by atoms with Gasteiger partial charge in [0.1, 0.15) is 5.82 Å². The number of benzene rings is 1. The zero-order valence-corrected chi connectivity index (χ0v) is 16.6. The van der Waals surface area contributed by atoms with Gasteiger partial charge in [-0.1, -0.05) is 30.3 Å². The van der Waals surface area contributed by atoms with Gasteiger partial charge in [0.15, 0.2) is 0 Å². The quantitative estimate of drug-likeness (QED) is 0.601. The molecule has 7 heteroatoms. The lowest BCUT2D eigenvalue weighted by atomic mass is 10.2. The summed E-state index contributed by atoms with van der Waals surface area (Å²) < 4.78 is 27.1. The van der Waals surface area contributed by atoms with Crippen molar-refractivity contribution in [2.24, 2.45) is 0 Å². The molecule has 3 rings (SSSR count). The number of likely N-dealkylation sites (N-methyl/N-ethyl adjacent to an activating group) is 1. The summed E-state index contributed by atoms with van der Waals surface area (Å²) in [5, 5.41) is 0. The predicted molar refractivity (Wildman–Crippen MR) is 113 cm³/mol. The molecule has 0 unspecified atom stereocenters. The van der Waals surface area contributed by atoms with Crippen LogP contribution in [0.25, 0.3) is 0 Å². The number of hydrogen-bond donors (Lipinski definition) is 1. The number of aromatic nitrogens is 2. The molecule has 2 aromatic heterocycles. The Labute approximate surface area is 166 Å². The standard InChI is InChI=1S/C21H24N4O2S/c1-25(15-11-19-9-13-22-14-10-19)20-7-8-21(23-17-20)24-28(26,27)16-12-18-5-3-2-4-6-18/h2-10,13-14,17H,11-12,15-16H2,1H3,(H,23,24). The van der Waals surface area contributed by atoms with Crippen LogP contribution in [0.5, 0.6) is 0 Å². The van der Waals surface area contributed by atoms with Crippen LogP contribution in [0, 0.1) is 0 Å². The Balaban J connectivity index is 1.53. The fourth-order valence-corrected chi connectivity index (χ4v) is 3.80. The molecular weight excluding hydrogens is 372 g/mol. The number of rotatable bonds is 9. The minimum Gasteiger partial charge on any atom is -0.373 e. The largest absolute Gasteiger partial charge is 0.373 e. The predicted octanol–water partition coefficient (Wildman–Crippen LogP) is 3.14. The van der Waals surface area contributed by atoms with E-state index in [4.69, 9.17) is 0 Å². The van der Waals surface area contributed by atoms with Gasteiger partial charge in [-0.25, -0.2) is 13.4 Å². The summed E-state index contributed by atoms with van der Waals surface area (Å²) in [6.07, 6.45) is 6.62. The molecular formula is C21H24N4O2S. The summed E-state index contributed by atoms with van der Waals surface area (Å²) in [4.78, 5) is 10.4. The maximum atomic E-state index is 12.3. The van der Waals surface area contributed by atoms with Gasteiger partial charge in [0.05, 0.1) is 17.6 Å². The number of hydrogen-bond acceptors (Lipinski definition) is 5. The van der Waals surface area contributed by atoms with Crippen LogP contribution in [-0.2, 0) is 22.9 Å². The van der Waals surface area contributed by atoms with E-state index in [1.807, 2.05) is 55.6 Å². The summed E-state index contributed by atoms with van der Waals surface area (Å²) in [5.41, 5.74) is 3.14. The smallest absolute Gasteiger partial charge is 0.234 e. The highest BCUT2D eigenvalue weighted by molar-refractivity contribution is 7.92. The second-order valence-electron chi connectivity index (χ2n) is 6.59. The van der Waals surface area contributed by atoms with Crippen molar-refractivity contribution in [2.75, 3.05) is 29.0 Å². The van der Waals surface area contributed by atoms with E-state index in [1.54, 1.807) is 24.7 Å². The Bertz CT molecular complexity index is 962. The van der Waals surface area contributed by atoms with Crippen molar-refractivity contribution >= 4 is 21.5 Å². The van der Waals surface area contributed by atoms with Gasteiger partial charge >= 0.3 is 0 Å². The molecule has 0 saturated carbocycles. The van der Waals surface area contributed by atoms with Crippen molar-refractivity contribution in [1.29, 1.82) is 0 Å². The highest BCUT2D eigenvalue weighted by Crippen LogP contribution is 2.15. The number of nitrogens with zero attached hydrogens (tertiary/aromatic N) is 3. The summed E-state index contributed by atoms with van der Waals surface area (Å²) in [6.45, 7) is 0.827. The lowest BCUT2D eigenvalue weighted by molar-refractivity contribution is 0.600. The molecule has 1 N–H and O–H groups in total. The molecule has 3 aromatic rings. The third-order valence-electron chi connectivity index (χ3n) is 4.44. The van der Waals surface area contributed by atoms with Gasteiger partial charge in [-0.2, -0.15) is 0 Å². The van der Waals surface area contributed by atoms with Crippen molar-refractivity contribution in [3.05, 3.63) is 84.3 Å². The summed E-state index contributed by atoms with van der Waals surface area (Å²) in [6, 6.07) is 17.1. The Kier molecular flexibility index (Phi) is 6.60. The maximum absolute atomic E-state index is 12.3. The number of aryl methyl sites for hydroxylation is 1. The molecule has 0 bridgehead atoms. The van der Waals surface area contributed by atoms with Crippen molar-refractivity contribution in [3.63, 3.8) is 0 Å². The Morgan fingerprint density at radius 3 is 2.32 bits per heavy atom. The fraction of sp³-hybridized carbons (Fsp3) is 0.238. The molecule has 0 atom stereocenters. The van der Waals surface area contributed by atoms with Crippen LogP contribution < -0.4 is 9.62 Å². The first kappa shape index (κ1) is 19.8. The van der Waals surface area contributed by atoms with Gasteiger partial charge in [-0.3, -0.25) is 9.71 Å². The second-order valence-corrected chi connectivity index (χ2v) is 8.43. The lowest BCUT2D eigenvalue weighted by Gasteiger charge is -2.19. The van der Waals surface area contributed by atoms with Gasteiger partial charge in [0.2, 0.25) is 10.0 Å². The molecule has 2 heterocycles. The van der Waals surface area contributed by atoms with E-state index in [2.05, 4.69) is 19.6 Å². The minimum absolute atomic E-state index is 0.0201. The Morgan fingerprint density at radius 2 is 1.64 bits per heavy atom. The van der Waals surface area contributed by atoms with Crippen LogP contribution >= 0.6 is 0 Å². The topological polar surface area (TPSA) is 75.2 Å². The highest BCUT2D eigenvalue weighted by atomic mass is 32.2. The SMILES string of the molecule is CN(CCc1ccncc1)c1ccc(NS(=O)(=O)CCc2ccccc2)nc1. The van der Waals surface area contributed by atoms with Crippen LogP contribution in [0.1, 0.15) is 11.1 Å². The van der Waals surface area contributed by atoms with E-state index in [-0.39, 0.29) is 5.75 Å². The molecule has 28 heavy (non-hydrogen) atoms. The van der Waals surface area contributed by atoms with E-state index in [0.29, 0.717) is 12.2 Å². The second kappa shape index (κ2) is 9.32. The molecule has 0 aliphatic carbocycles. The van der Waals surface area contributed by atoms with Crippen molar-refractivity contribution in [3.8, 4) is 0 Å². The van der Waals surface area contributed by atoms with Gasteiger partial charge < -0.3 is 4.90 Å². The van der Waals surface area contributed by atoms with Crippen LogP contribution in [0.3, 0.4) is 0 Å². The van der Waals surface area contributed by atoms with Crippen molar-refractivity contribution < 1.29 is 8.42 Å². The summed E-state index contributed by atoms with van der Waals surface area (Å²) in [7, 11) is -1.46. The minimum atomic E-state index is -3.44. The molecule has 0 spiro atoms. The van der Waals surface area contributed by atoms with Gasteiger partial charge in [-0.15, -0.1) is 0 Å². The van der Waals surface area contributed by atoms with Gasteiger partial charge in [0, 0.05) is 26.0 Å². The molecule has 0 fully saturated rings. The first-order valence-electron chi connectivity index (χ1n) is 9.12. The fourth-order valence-electron chi connectivity index (χ4n) is 2.75. The van der Waals surface area contributed by atoms with Gasteiger partial charge in [0.25, 0.3) is 0 Å². The average Bonchev–Trinajstić information content (AvgIpc) is 2.72. The number of anilines is 2. The molecule has 0 radical (unpaired) electrons. The third-order valence-corrected chi connectivity index (χ3v) is 5.70. The van der Waals surface area contributed by atoms with Crippen LogP contribution in [-0.4, -0.2) is 37.7 Å². The lowest BCUT2D eigenvalue weighted by Crippen LogP contribution is -2.21. The Hall–Kier alpha value is -2.93. The summed E-state index contributed by atoms with van der Waals surface area (Å²) in [5.74, 6) is 0.353. The van der Waals surface area contributed by atoms with Crippen LogP contribution in [0.2, 0.25) is 0 Å². The summed E-state index contributed by atoms with van der Waals surface area (Å²) >= 11 is 0. The average molecular weight is 397 g/mol. The van der Waals surface area contributed by atoms with E-state index >= 15 is 0 Å². The van der Waals surface area contributed by atoms with Crippen LogP contribution in [0.4, 0.5) is 11.5 Å². The van der Waals surface area contributed by atoms with Gasteiger partial charge in [-0.05, 0) is 48.2 Å². The maximum Gasteiger partial charge on any atom is 0.234 e. The van der Waals surface area contributed by atoms with E-state index < -0.39 is 10.0 Å². The zero-order chi connectivity index (χ0) is 19.8. The van der Waals surface area contributed by atoms with E-state index in [0.717, 1.165) is 24.2 Å².